The van der Waals surface area contributed by atoms with Gasteiger partial charge in [0.2, 0.25) is 0 Å². The number of hydrogen-bond donors (Lipinski definition) is 1. The number of hydrogen-bond acceptors (Lipinski definition) is 5. The van der Waals surface area contributed by atoms with Gasteiger partial charge in [0.15, 0.2) is 5.16 Å². The molecule has 0 aliphatic carbocycles. The number of pyridine rings is 1. The summed E-state index contributed by atoms with van der Waals surface area (Å²) in [6.07, 6.45) is 5.07. The zero-order chi connectivity index (χ0) is 24.2. The van der Waals surface area contributed by atoms with E-state index in [1.807, 2.05) is 24.3 Å². The maximum Gasteiger partial charge on any atom is 0.251 e. The van der Waals surface area contributed by atoms with Gasteiger partial charge in [-0.25, -0.2) is 9.37 Å². The lowest BCUT2D eigenvalue weighted by molar-refractivity contribution is 0.0948. The Kier molecular flexibility index (Phi) is 6.83. The van der Waals surface area contributed by atoms with Crippen molar-refractivity contribution in [3.8, 4) is 0 Å². The van der Waals surface area contributed by atoms with E-state index in [0.29, 0.717) is 35.2 Å². The molecule has 6 nitrogen and oxygen atoms in total. The van der Waals surface area contributed by atoms with Gasteiger partial charge in [-0.05, 0) is 53.6 Å². The van der Waals surface area contributed by atoms with Gasteiger partial charge in [0.1, 0.15) is 11.6 Å². The standard InChI is InChI=1S/C26H20ClFN4O2S/c27-22-12-20(28)8-7-19(22)16-35-26-31-23-9-10-29-14-24(23)32(26)15-17-3-5-18(6-4-17)25(33)30-13-21-2-1-11-34-21/h1-12,14H,13,15-16H2,(H,30,33). The summed E-state index contributed by atoms with van der Waals surface area (Å²) in [6, 6.07) is 17.3. The van der Waals surface area contributed by atoms with Crippen LogP contribution in [0.25, 0.3) is 11.0 Å². The molecule has 0 unspecified atom stereocenters. The van der Waals surface area contributed by atoms with E-state index in [1.165, 1.54) is 23.9 Å². The van der Waals surface area contributed by atoms with E-state index in [1.54, 1.807) is 42.9 Å². The number of imidazole rings is 1. The quantitative estimate of drug-likeness (QED) is 0.258. The maximum atomic E-state index is 13.4. The van der Waals surface area contributed by atoms with Crippen molar-refractivity contribution < 1.29 is 13.6 Å². The molecule has 3 heterocycles. The molecule has 5 aromatic rings. The predicted octanol–water partition coefficient (Wildman–Crippen LogP) is 6.09. The van der Waals surface area contributed by atoms with E-state index < -0.39 is 0 Å². The molecule has 35 heavy (non-hydrogen) atoms. The molecule has 0 aliphatic heterocycles. The summed E-state index contributed by atoms with van der Waals surface area (Å²) >= 11 is 7.73. The van der Waals surface area contributed by atoms with Gasteiger partial charge in [0, 0.05) is 22.5 Å². The minimum absolute atomic E-state index is 0.169. The van der Waals surface area contributed by atoms with Gasteiger partial charge in [0.05, 0.1) is 36.6 Å². The van der Waals surface area contributed by atoms with E-state index >= 15 is 0 Å². The second-order valence-corrected chi connectivity index (χ2v) is 9.18. The van der Waals surface area contributed by atoms with Gasteiger partial charge in [0.25, 0.3) is 5.91 Å². The van der Waals surface area contributed by atoms with Crippen molar-refractivity contribution in [2.24, 2.45) is 0 Å². The van der Waals surface area contributed by atoms with Crippen LogP contribution in [0.15, 0.2) is 88.9 Å². The first kappa shape index (κ1) is 23.1. The highest BCUT2D eigenvalue weighted by Gasteiger charge is 2.14. The average Bonchev–Trinajstić information content (AvgIpc) is 3.51. The van der Waals surface area contributed by atoms with Gasteiger partial charge in [-0.15, -0.1) is 0 Å². The molecule has 0 aliphatic rings. The van der Waals surface area contributed by atoms with Crippen LogP contribution in [0, 0.1) is 5.82 Å². The number of fused-ring (bicyclic) bond motifs is 1. The van der Waals surface area contributed by atoms with Crippen molar-refractivity contribution in [1.29, 1.82) is 0 Å². The lowest BCUT2D eigenvalue weighted by Crippen LogP contribution is -2.22. The molecule has 0 bridgehead atoms. The van der Waals surface area contributed by atoms with Crippen LogP contribution in [-0.2, 0) is 18.8 Å². The predicted molar refractivity (Wildman–Crippen MR) is 134 cm³/mol. The van der Waals surface area contributed by atoms with Crippen LogP contribution in [0.2, 0.25) is 5.02 Å². The Bertz CT molecular complexity index is 1470. The fraction of sp³-hybridized carbons (Fsp3) is 0.115. The Balaban J connectivity index is 1.33. The van der Waals surface area contributed by atoms with Crippen molar-refractivity contribution in [1.82, 2.24) is 19.9 Å². The molecule has 9 heteroatoms. The van der Waals surface area contributed by atoms with Crippen molar-refractivity contribution >= 4 is 40.3 Å². The first-order valence-corrected chi connectivity index (χ1v) is 12.2. The number of aromatic nitrogens is 3. The lowest BCUT2D eigenvalue weighted by Gasteiger charge is -2.10. The molecule has 1 amide bonds. The minimum atomic E-state index is -0.361. The third-order valence-electron chi connectivity index (χ3n) is 5.45. The zero-order valence-electron chi connectivity index (χ0n) is 18.4. The van der Waals surface area contributed by atoms with Gasteiger partial charge in [-0.3, -0.25) is 9.78 Å². The summed E-state index contributed by atoms with van der Waals surface area (Å²) in [6.45, 7) is 0.885. The van der Waals surface area contributed by atoms with Gasteiger partial charge in [-0.2, -0.15) is 0 Å². The number of rotatable bonds is 8. The summed E-state index contributed by atoms with van der Waals surface area (Å²) < 4.78 is 20.7. The molecule has 0 atom stereocenters. The number of furan rings is 1. The Morgan fingerprint density at radius 2 is 2.00 bits per heavy atom. The van der Waals surface area contributed by atoms with Crippen LogP contribution in [0.3, 0.4) is 0 Å². The smallest absolute Gasteiger partial charge is 0.251 e. The van der Waals surface area contributed by atoms with Crippen LogP contribution >= 0.6 is 23.4 Å². The maximum absolute atomic E-state index is 13.4. The van der Waals surface area contributed by atoms with Crippen LogP contribution in [0.1, 0.15) is 27.2 Å². The summed E-state index contributed by atoms with van der Waals surface area (Å²) in [5.41, 5.74) is 4.15. The minimum Gasteiger partial charge on any atom is -0.467 e. The Hall–Kier alpha value is -3.62. The molecule has 0 fully saturated rings. The second kappa shape index (κ2) is 10.3. The number of benzene rings is 2. The van der Waals surface area contributed by atoms with Crippen LogP contribution < -0.4 is 5.32 Å². The van der Waals surface area contributed by atoms with Crippen LogP contribution in [-0.4, -0.2) is 20.4 Å². The molecule has 0 saturated heterocycles. The summed E-state index contributed by atoms with van der Waals surface area (Å²) in [5, 5.41) is 4.04. The van der Waals surface area contributed by atoms with E-state index in [0.717, 1.165) is 27.3 Å². The highest BCUT2D eigenvalue weighted by atomic mass is 35.5. The van der Waals surface area contributed by atoms with Crippen molar-refractivity contribution in [3.05, 3.63) is 113 Å². The molecule has 5 rings (SSSR count). The van der Waals surface area contributed by atoms with Crippen LogP contribution in [0.4, 0.5) is 4.39 Å². The summed E-state index contributed by atoms with van der Waals surface area (Å²) in [4.78, 5) is 21.5. The van der Waals surface area contributed by atoms with Crippen LogP contribution in [0.5, 0.6) is 0 Å². The molecule has 3 aromatic heterocycles. The van der Waals surface area contributed by atoms with Gasteiger partial charge >= 0.3 is 0 Å². The normalized spacial score (nSPS) is 11.1. The number of nitrogens with one attached hydrogen (secondary N) is 1. The SMILES string of the molecule is O=C(NCc1ccco1)c1ccc(Cn2c(SCc3ccc(F)cc3Cl)nc3ccncc32)cc1. The molecule has 0 saturated carbocycles. The third-order valence-corrected chi connectivity index (χ3v) is 6.82. The average molecular weight is 507 g/mol. The largest absolute Gasteiger partial charge is 0.467 e. The monoisotopic (exact) mass is 506 g/mol. The molecular formula is C26H20ClFN4O2S. The Morgan fingerprint density at radius 1 is 1.14 bits per heavy atom. The van der Waals surface area contributed by atoms with E-state index in [4.69, 9.17) is 21.0 Å². The van der Waals surface area contributed by atoms with Gasteiger partial charge in [-0.1, -0.05) is 41.6 Å². The van der Waals surface area contributed by atoms with Crippen molar-refractivity contribution in [2.45, 2.75) is 24.0 Å². The van der Waals surface area contributed by atoms with E-state index in [-0.39, 0.29) is 11.7 Å². The fourth-order valence-corrected chi connectivity index (χ4v) is 4.95. The molecular weight excluding hydrogens is 487 g/mol. The van der Waals surface area contributed by atoms with Crippen molar-refractivity contribution in [3.63, 3.8) is 0 Å². The third kappa shape index (κ3) is 5.39. The molecule has 0 radical (unpaired) electrons. The fourth-order valence-electron chi connectivity index (χ4n) is 3.62. The van der Waals surface area contributed by atoms with E-state index in [2.05, 4.69) is 14.9 Å². The topological polar surface area (TPSA) is 73.0 Å². The summed E-state index contributed by atoms with van der Waals surface area (Å²) in [5.74, 6) is 0.713. The first-order valence-electron chi connectivity index (χ1n) is 10.8. The molecule has 176 valence electrons. The number of carbonyl (C=O) groups is 1. The molecule has 1 N–H and O–H groups in total. The number of carbonyl (C=O) groups excluding carboxylic acids is 1. The number of thioether (sulfide) groups is 1. The zero-order valence-corrected chi connectivity index (χ0v) is 20.0. The highest BCUT2D eigenvalue weighted by Crippen LogP contribution is 2.30. The summed E-state index contributed by atoms with van der Waals surface area (Å²) in [7, 11) is 0. The van der Waals surface area contributed by atoms with E-state index in [9.17, 15) is 9.18 Å². The number of amides is 1. The highest BCUT2D eigenvalue weighted by molar-refractivity contribution is 7.98. The number of nitrogens with zero attached hydrogens (tertiary/aromatic N) is 3. The number of halogens is 2. The molecule has 2 aromatic carbocycles. The first-order chi connectivity index (χ1) is 17.1. The molecule has 0 spiro atoms. The van der Waals surface area contributed by atoms with Gasteiger partial charge < -0.3 is 14.3 Å². The second-order valence-electron chi connectivity index (χ2n) is 7.83. The Morgan fingerprint density at radius 3 is 2.77 bits per heavy atom. The Labute approximate surface area is 210 Å². The van der Waals surface area contributed by atoms with Crippen molar-refractivity contribution in [2.75, 3.05) is 0 Å². The lowest BCUT2D eigenvalue weighted by atomic mass is 10.1.